The smallest absolute Gasteiger partial charge is 0.192 e. The Morgan fingerprint density at radius 2 is 1.72 bits per heavy atom. The summed E-state index contributed by atoms with van der Waals surface area (Å²) in [4.78, 5) is 4.67. The molecule has 0 amide bonds. The van der Waals surface area contributed by atoms with E-state index in [0.717, 1.165) is 35.1 Å². The summed E-state index contributed by atoms with van der Waals surface area (Å²) in [7, 11) is 0. The third-order valence-corrected chi connectivity index (χ3v) is 4.27. The molecule has 0 saturated heterocycles. The molecular weight excluding hydrogens is 364 g/mol. The lowest BCUT2D eigenvalue weighted by atomic mass is 10.1. The maximum absolute atomic E-state index is 8.91. The molecule has 0 aromatic heterocycles. The van der Waals surface area contributed by atoms with Gasteiger partial charge in [-0.2, -0.15) is 5.26 Å². The van der Waals surface area contributed by atoms with Gasteiger partial charge in [0.2, 0.25) is 0 Å². The van der Waals surface area contributed by atoms with Crippen LogP contribution in [0.1, 0.15) is 50.4 Å². The van der Waals surface area contributed by atoms with E-state index >= 15 is 0 Å². The van der Waals surface area contributed by atoms with Gasteiger partial charge >= 0.3 is 0 Å². The molecule has 0 fully saturated rings. The minimum Gasteiger partial charge on any atom is -0.490 e. The lowest BCUT2D eigenvalue weighted by Crippen LogP contribution is -2.38. The van der Waals surface area contributed by atoms with Gasteiger partial charge in [0.15, 0.2) is 17.5 Å². The number of nitriles is 1. The lowest BCUT2D eigenvalue weighted by molar-refractivity contribution is 0.287. The van der Waals surface area contributed by atoms with Crippen molar-refractivity contribution in [2.24, 2.45) is 4.99 Å². The second-order valence-corrected chi connectivity index (χ2v) is 6.44. The van der Waals surface area contributed by atoms with E-state index in [9.17, 15) is 0 Å². The SMILES string of the molecule is CCNC(=NCc1ccc(C#N)cc1)NC(C)c1ccc(OCC)c(OCC)c1. The predicted octanol–water partition coefficient (Wildman–Crippen LogP) is 4.17. The zero-order chi connectivity index (χ0) is 21.1. The van der Waals surface area contributed by atoms with Gasteiger partial charge < -0.3 is 20.1 Å². The third-order valence-electron chi connectivity index (χ3n) is 4.27. The number of nitrogens with zero attached hydrogens (tertiary/aromatic N) is 2. The first-order valence-electron chi connectivity index (χ1n) is 10.0. The van der Waals surface area contributed by atoms with Crippen molar-refractivity contribution in [1.82, 2.24) is 10.6 Å². The Kier molecular flexibility index (Phi) is 8.84. The highest BCUT2D eigenvalue weighted by molar-refractivity contribution is 5.80. The van der Waals surface area contributed by atoms with E-state index in [1.54, 1.807) is 0 Å². The molecule has 0 aliphatic rings. The standard InChI is InChI=1S/C23H30N4O2/c1-5-25-23(26-16-19-10-8-18(15-24)9-11-19)27-17(4)20-12-13-21(28-6-2)22(14-20)29-7-3/h8-14,17H,5-7,16H2,1-4H3,(H2,25,26,27). The zero-order valence-electron chi connectivity index (χ0n) is 17.7. The Balaban J connectivity index is 2.12. The van der Waals surface area contributed by atoms with Gasteiger partial charge in [-0.3, -0.25) is 0 Å². The van der Waals surface area contributed by atoms with Gasteiger partial charge in [0.25, 0.3) is 0 Å². The average Bonchev–Trinajstić information content (AvgIpc) is 2.74. The van der Waals surface area contributed by atoms with Crippen molar-refractivity contribution < 1.29 is 9.47 Å². The van der Waals surface area contributed by atoms with Crippen LogP contribution in [-0.2, 0) is 6.54 Å². The summed E-state index contributed by atoms with van der Waals surface area (Å²) >= 11 is 0. The Hall–Kier alpha value is -3.20. The van der Waals surface area contributed by atoms with Crippen LogP contribution < -0.4 is 20.1 Å². The molecule has 0 radical (unpaired) electrons. The fourth-order valence-electron chi connectivity index (χ4n) is 2.80. The van der Waals surface area contributed by atoms with Crippen LogP contribution in [0.4, 0.5) is 0 Å². The van der Waals surface area contributed by atoms with E-state index in [2.05, 4.69) is 28.6 Å². The monoisotopic (exact) mass is 394 g/mol. The molecule has 1 unspecified atom stereocenters. The number of ether oxygens (including phenoxy) is 2. The first kappa shape index (κ1) is 22.1. The van der Waals surface area contributed by atoms with Crippen LogP contribution in [0.15, 0.2) is 47.5 Å². The van der Waals surface area contributed by atoms with Crippen molar-refractivity contribution in [1.29, 1.82) is 5.26 Å². The number of nitrogens with one attached hydrogen (secondary N) is 2. The largest absolute Gasteiger partial charge is 0.490 e. The lowest BCUT2D eigenvalue weighted by Gasteiger charge is -2.20. The number of hydrogen-bond acceptors (Lipinski definition) is 4. The Morgan fingerprint density at radius 1 is 1.03 bits per heavy atom. The molecule has 0 saturated carbocycles. The fourth-order valence-corrected chi connectivity index (χ4v) is 2.80. The van der Waals surface area contributed by atoms with Crippen LogP contribution in [0, 0.1) is 11.3 Å². The molecule has 0 bridgehead atoms. The van der Waals surface area contributed by atoms with Crippen molar-refractivity contribution >= 4 is 5.96 Å². The van der Waals surface area contributed by atoms with Gasteiger partial charge in [0.1, 0.15) is 0 Å². The Morgan fingerprint density at radius 3 is 2.34 bits per heavy atom. The summed E-state index contributed by atoms with van der Waals surface area (Å²) in [6, 6.07) is 15.6. The summed E-state index contributed by atoms with van der Waals surface area (Å²) in [6.07, 6.45) is 0. The van der Waals surface area contributed by atoms with Crippen LogP contribution in [-0.4, -0.2) is 25.7 Å². The Bertz CT molecular complexity index is 841. The van der Waals surface area contributed by atoms with Gasteiger partial charge in [0.05, 0.1) is 37.4 Å². The topological polar surface area (TPSA) is 78.7 Å². The van der Waals surface area contributed by atoms with Crippen molar-refractivity contribution in [3.8, 4) is 17.6 Å². The molecule has 154 valence electrons. The summed E-state index contributed by atoms with van der Waals surface area (Å²) in [5.74, 6) is 2.24. The van der Waals surface area contributed by atoms with Crippen molar-refractivity contribution in [3.63, 3.8) is 0 Å². The number of rotatable bonds is 9. The molecule has 2 aromatic rings. The molecule has 6 heteroatoms. The van der Waals surface area contributed by atoms with Crippen LogP contribution in [0.25, 0.3) is 0 Å². The van der Waals surface area contributed by atoms with Crippen molar-refractivity contribution in [2.45, 2.75) is 40.3 Å². The number of benzene rings is 2. The van der Waals surface area contributed by atoms with Gasteiger partial charge in [0, 0.05) is 6.54 Å². The Labute approximate surface area is 173 Å². The second kappa shape index (κ2) is 11.6. The summed E-state index contributed by atoms with van der Waals surface area (Å²) in [5, 5.41) is 15.6. The van der Waals surface area contributed by atoms with Crippen LogP contribution in [0.3, 0.4) is 0 Å². The molecule has 1 atom stereocenters. The number of aliphatic imine (C=N–C) groups is 1. The molecular formula is C23H30N4O2. The highest BCUT2D eigenvalue weighted by Crippen LogP contribution is 2.30. The average molecular weight is 395 g/mol. The molecule has 29 heavy (non-hydrogen) atoms. The van der Waals surface area contributed by atoms with Crippen LogP contribution >= 0.6 is 0 Å². The highest BCUT2D eigenvalue weighted by Gasteiger charge is 2.12. The van der Waals surface area contributed by atoms with Crippen LogP contribution in [0.2, 0.25) is 0 Å². The van der Waals surface area contributed by atoms with Crippen molar-refractivity contribution in [3.05, 3.63) is 59.2 Å². The number of guanidine groups is 1. The minimum atomic E-state index is 0.0312. The van der Waals surface area contributed by atoms with Gasteiger partial charge in [-0.15, -0.1) is 0 Å². The van der Waals surface area contributed by atoms with E-state index in [1.807, 2.05) is 63.2 Å². The van der Waals surface area contributed by atoms with Gasteiger partial charge in [-0.1, -0.05) is 18.2 Å². The van der Waals surface area contributed by atoms with E-state index in [4.69, 9.17) is 14.7 Å². The third kappa shape index (κ3) is 6.72. The number of hydrogen-bond donors (Lipinski definition) is 2. The zero-order valence-corrected chi connectivity index (χ0v) is 17.7. The summed E-state index contributed by atoms with van der Waals surface area (Å²) < 4.78 is 11.4. The maximum Gasteiger partial charge on any atom is 0.192 e. The maximum atomic E-state index is 8.91. The minimum absolute atomic E-state index is 0.0312. The van der Waals surface area contributed by atoms with E-state index in [-0.39, 0.29) is 6.04 Å². The molecule has 0 aliphatic heterocycles. The molecule has 0 spiro atoms. The molecule has 6 nitrogen and oxygen atoms in total. The molecule has 0 aliphatic carbocycles. The molecule has 2 aromatic carbocycles. The molecule has 2 N–H and O–H groups in total. The summed E-state index contributed by atoms with van der Waals surface area (Å²) in [5.41, 5.74) is 2.78. The van der Waals surface area contributed by atoms with Gasteiger partial charge in [-0.25, -0.2) is 4.99 Å². The molecule has 0 heterocycles. The van der Waals surface area contributed by atoms with E-state index in [0.29, 0.717) is 25.3 Å². The normalized spacial score (nSPS) is 12.0. The molecule has 2 rings (SSSR count). The van der Waals surface area contributed by atoms with E-state index < -0.39 is 0 Å². The van der Waals surface area contributed by atoms with Gasteiger partial charge in [-0.05, 0) is 63.1 Å². The van der Waals surface area contributed by atoms with Crippen molar-refractivity contribution in [2.75, 3.05) is 19.8 Å². The van der Waals surface area contributed by atoms with E-state index in [1.165, 1.54) is 0 Å². The fraction of sp³-hybridized carbons (Fsp3) is 0.391. The summed E-state index contributed by atoms with van der Waals surface area (Å²) in [6.45, 7) is 10.5. The van der Waals surface area contributed by atoms with Crippen LogP contribution in [0.5, 0.6) is 11.5 Å². The first-order chi connectivity index (χ1) is 14.1. The second-order valence-electron chi connectivity index (χ2n) is 6.44. The highest BCUT2D eigenvalue weighted by atomic mass is 16.5. The predicted molar refractivity (Wildman–Crippen MR) is 116 cm³/mol. The first-order valence-corrected chi connectivity index (χ1v) is 10.0. The quantitative estimate of drug-likeness (QED) is 0.493.